The molecule has 0 aromatic heterocycles. The molecule has 1 amide bonds. The molecule has 1 fully saturated rings. The highest BCUT2D eigenvalue weighted by Crippen LogP contribution is 2.08. The first kappa shape index (κ1) is 13.7. The topological polar surface area (TPSA) is 49.4 Å². The van der Waals surface area contributed by atoms with E-state index in [1.165, 1.54) is 24.3 Å². The molecular formula is C14H17FN2O2. The molecule has 5 heteroatoms. The van der Waals surface area contributed by atoms with E-state index in [9.17, 15) is 14.0 Å². The predicted octanol–water partition coefficient (Wildman–Crippen LogP) is 1.22. The molecule has 1 aliphatic heterocycles. The van der Waals surface area contributed by atoms with Gasteiger partial charge in [0.25, 0.3) is 0 Å². The predicted molar refractivity (Wildman–Crippen MR) is 69.4 cm³/mol. The van der Waals surface area contributed by atoms with Gasteiger partial charge < -0.3 is 5.32 Å². The zero-order chi connectivity index (χ0) is 13.7. The van der Waals surface area contributed by atoms with Gasteiger partial charge in [0, 0.05) is 25.1 Å². The van der Waals surface area contributed by atoms with Crippen LogP contribution in [0.3, 0.4) is 0 Å². The minimum atomic E-state index is -0.337. The van der Waals surface area contributed by atoms with E-state index in [1.807, 2.05) is 4.90 Å². The lowest BCUT2D eigenvalue weighted by molar-refractivity contribution is -0.124. The second-order valence-electron chi connectivity index (χ2n) is 4.66. The van der Waals surface area contributed by atoms with E-state index in [-0.39, 0.29) is 17.5 Å². The quantitative estimate of drug-likeness (QED) is 0.814. The summed E-state index contributed by atoms with van der Waals surface area (Å²) in [4.78, 5) is 25.0. The molecule has 1 N–H and O–H groups in total. The molecule has 1 saturated heterocycles. The Bertz CT molecular complexity index is 459. The highest BCUT2D eigenvalue weighted by molar-refractivity contribution is 5.95. The number of ketones is 1. The average molecular weight is 264 g/mol. The minimum absolute atomic E-state index is 0.0152. The van der Waals surface area contributed by atoms with Crippen LogP contribution in [0.5, 0.6) is 0 Å². The number of hydrogen-bond acceptors (Lipinski definition) is 3. The fourth-order valence-electron chi connectivity index (χ4n) is 2.13. The van der Waals surface area contributed by atoms with Crippen LogP contribution in [0.25, 0.3) is 0 Å². The highest BCUT2D eigenvalue weighted by atomic mass is 19.1. The Morgan fingerprint density at radius 3 is 2.74 bits per heavy atom. The molecule has 0 saturated carbocycles. The van der Waals surface area contributed by atoms with Gasteiger partial charge in [-0.25, -0.2) is 4.39 Å². The van der Waals surface area contributed by atoms with Crippen molar-refractivity contribution in [3.05, 3.63) is 35.6 Å². The number of amides is 1. The summed E-state index contributed by atoms with van der Waals surface area (Å²) in [6.07, 6.45) is 1.13. The molecule has 0 radical (unpaired) electrons. The van der Waals surface area contributed by atoms with Crippen molar-refractivity contribution in [2.45, 2.75) is 12.8 Å². The largest absolute Gasteiger partial charge is 0.354 e. The van der Waals surface area contributed by atoms with Crippen molar-refractivity contribution in [2.75, 3.05) is 26.2 Å². The third kappa shape index (κ3) is 4.13. The molecule has 1 aromatic rings. The van der Waals surface area contributed by atoms with Crippen molar-refractivity contribution in [1.29, 1.82) is 0 Å². The van der Waals surface area contributed by atoms with Crippen molar-refractivity contribution in [3.8, 4) is 0 Å². The molecular weight excluding hydrogens is 247 g/mol. The lowest BCUT2D eigenvalue weighted by Crippen LogP contribution is -2.47. The van der Waals surface area contributed by atoms with Crippen molar-refractivity contribution in [1.82, 2.24) is 10.2 Å². The van der Waals surface area contributed by atoms with E-state index in [0.29, 0.717) is 31.5 Å². The summed E-state index contributed by atoms with van der Waals surface area (Å²) in [7, 11) is 0. The summed E-state index contributed by atoms with van der Waals surface area (Å²) < 4.78 is 12.7. The third-order valence-corrected chi connectivity index (χ3v) is 3.16. The van der Waals surface area contributed by atoms with Gasteiger partial charge >= 0.3 is 0 Å². The van der Waals surface area contributed by atoms with Crippen molar-refractivity contribution in [2.24, 2.45) is 0 Å². The Labute approximate surface area is 111 Å². The molecule has 0 aliphatic carbocycles. The smallest absolute Gasteiger partial charge is 0.234 e. The second kappa shape index (κ2) is 6.43. The first-order valence-electron chi connectivity index (χ1n) is 6.43. The summed E-state index contributed by atoms with van der Waals surface area (Å²) in [6.45, 7) is 2.65. The van der Waals surface area contributed by atoms with Gasteiger partial charge in [-0.05, 0) is 37.2 Å². The van der Waals surface area contributed by atoms with Crippen LogP contribution in [-0.4, -0.2) is 42.8 Å². The summed E-state index contributed by atoms with van der Waals surface area (Å²) in [5.41, 5.74) is 0.540. The minimum Gasteiger partial charge on any atom is -0.354 e. The van der Waals surface area contributed by atoms with Gasteiger partial charge in [-0.1, -0.05) is 0 Å². The van der Waals surface area contributed by atoms with Crippen LogP contribution in [0.4, 0.5) is 4.39 Å². The molecule has 0 spiro atoms. The number of piperazine rings is 1. The molecule has 2 rings (SSSR count). The van der Waals surface area contributed by atoms with Crippen molar-refractivity contribution < 1.29 is 14.0 Å². The van der Waals surface area contributed by atoms with Gasteiger partial charge in [0.15, 0.2) is 5.78 Å². The number of nitrogens with one attached hydrogen (secondary N) is 1. The fourth-order valence-corrected chi connectivity index (χ4v) is 2.13. The summed E-state index contributed by atoms with van der Waals surface area (Å²) in [5.74, 6) is -0.284. The lowest BCUT2D eigenvalue weighted by Gasteiger charge is -2.26. The number of halogens is 1. The zero-order valence-corrected chi connectivity index (χ0v) is 10.7. The first-order valence-corrected chi connectivity index (χ1v) is 6.43. The normalized spacial score (nSPS) is 16.2. The van der Waals surface area contributed by atoms with Gasteiger partial charge in [0.05, 0.1) is 6.54 Å². The molecule has 0 atom stereocenters. The number of rotatable bonds is 5. The molecule has 1 aromatic carbocycles. The Balaban J connectivity index is 1.74. The van der Waals surface area contributed by atoms with Crippen LogP contribution in [0.1, 0.15) is 23.2 Å². The zero-order valence-electron chi connectivity index (χ0n) is 10.7. The number of benzene rings is 1. The van der Waals surface area contributed by atoms with Crippen LogP contribution in [0.2, 0.25) is 0 Å². The van der Waals surface area contributed by atoms with Crippen LogP contribution in [-0.2, 0) is 4.79 Å². The number of hydrogen-bond donors (Lipinski definition) is 1. The Kier molecular flexibility index (Phi) is 4.63. The van der Waals surface area contributed by atoms with E-state index in [1.54, 1.807) is 0 Å². The van der Waals surface area contributed by atoms with Gasteiger partial charge in [-0.15, -0.1) is 0 Å². The SMILES string of the molecule is O=C1CN(CCCC(=O)c2ccc(F)cc2)CCN1. The average Bonchev–Trinajstić information content (AvgIpc) is 2.39. The monoisotopic (exact) mass is 264 g/mol. The van der Waals surface area contributed by atoms with Crippen LogP contribution >= 0.6 is 0 Å². The van der Waals surface area contributed by atoms with E-state index in [2.05, 4.69) is 5.32 Å². The standard InChI is InChI=1S/C14H17FN2O2/c15-12-5-3-11(4-6-12)13(18)2-1-8-17-9-7-16-14(19)10-17/h3-6H,1-2,7-10H2,(H,16,19). The van der Waals surface area contributed by atoms with Gasteiger partial charge in [-0.3, -0.25) is 14.5 Å². The number of carbonyl (C=O) groups excluding carboxylic acids is 2. The lowest BCUT2D eigenvalue weighted by atomic mass is 10.1. The van der Waals surface area contributed by atoms with Gasteiger partial charge in [0.2, 0.25) is 5.91 Å². The molecule has 1 heterocycles. The fraction of sp³-hybridized carbons (Fsp3) is 0.429. The van der Waals surface area contributed by atoms with Crippen LogP contribution in [0.15, 0.2) is 24.3 Å². The Morgan fingerprint density at radius 1 is 1.32 bits per heavy atom. The van der Waals surface area contributed by atoms with E-state index < -0.39 is 0 Å². The van der Waals surface area contributed by atoms with E-state index in [0.717, 1.165) is 13.1 Å². The molecule has 1 aliphatic rings. The van der Waals surface area contributed by atoms with Gasteiger partial charge in [0.1, 0.15) is 5.82 Å². The third-order valence-electron chi connectivity index (χ3n) is 3.16. The van der Waals surface area contributed by atoms with E-state index in [4.69, 9.17) is 0 Å². The van der Waals surface area contributed by atoms with E-state index >= 15 is 0 Å². The Hall–Kier alpha value is -1.75. The molecule has 102 valence electrons. The Morgan fingerprint density at radius 2 is 2.05 bits per heavy atom. The van der Waals surface area contributed by atoms with Gasteiger partial charge in [-0.2, -0.15) is 0 Å². The van der Waals surface area contributed by atoms with Crippen LogP contribution in [0, 0.1) is 5.82 Å². The molecule has 19 heavy (non-hydrogen) atoms. The molecule has 0 unspecified atom stereocenters. The highest BCUT2D eigenvalue weighted by Gasteiger charge is 2.15. The number of nitrogens with zero attached hydrogens (tertiary/aromatic N) is 1. The first-order chi connectivity index (χ1) is 9.15. The maximum Gasteiger partial charge on any atom is 0.234 e. The van der Waals surface area contributed by atoms with Crippen molar-refractivity contribution >= 4 is 11.7 Å². The maximum atomic E-state index is 12.7. The summed E-state index contributed by atoms with van der Waals surface area (Å²) in [5, 5.41) is 2.76. The second-order valence-corrected chi connectivity index (χ2v) is 4.66. The summed E-state index contributed by atoms with van der Waals surface area (Å²) in [6, 6.07) is 5.60. The molecule has 0 bridgehead atoms. The van der Waals surface area contributed by atoms with Crippen LogP contribution < -0.4 is 5.32 Å². The van der Waals surface area contributed by atoms with Crippen molar-refractivity contribution in [3.63, 3.8) is 0 Å². The summed E-state index contributed by atoms with van der Waals surface area (Å²) >= 11 is 0. The number of carbonyl (C=O) groups is 2. The maximum absolute atomic E-state index is 12.7. The number of Topliss-reactive ketones (excluding diaryl/α,β-unsaturated/α-hetero) is 1. The molecule has 4 nitrogen and oxygen atoms in total.